The van der Waals surface area contributed by atoms with Gasteiger partial charge in [-0.25, -0.2) is 9.97 Å². The zero-order chi connectivity index (χ0) is 48.9. The zero-order valence-corrected chi connectivity index (χ0v) is 39.0. The van der Waals surface area contributed by atoms with E-state index in [1.807, 2.05) is 30.3 Å². The number of carbonyl (C=O) groups excluding carboxylic acids is 5. The van der Waals surface area contributed by atoms with Crippen LogP contribution in [0.15, 0.2) is 66.2 Å². The van der Waals surface area contributed by atoms with Crippen LogP contribution in [0.5, 0.6) is 11.5 Å². The van der Waals surface area contributed by atoms with Crippen molar-refractivity contribution < 1.29 is 33.4 Å². The van der Waals surface area contributed by atoms with E-state index in [2.05, 4.69) is 37.3 Å². The third-order valence-corrected chi connectivity index (χ3v) is 11.9. The summed E-state index contributed by atoms with van der Waals surface area (Å²) in [5.74, 6) is -2.10. The summed E-state index contributed by atoms with van der Waals surface area (Å²) >= 11 is 0. The highest BCUT2D eigenvalue weighted by atomic mass is 16.5. The van der Waals surface area contributed by atoms with Crippen molar-refractivity contribution in [2.45, 2.75) is 83.5 Å². The van der Waals surface area contributed by atoms with Gasteiger partial charge in [-0.3, -0.25) is 24.0 Å². The molecule has 6 rings (SSSR count). The van der Waals surface area contributed by atoms with Crippen LogP contribution in [-0.4, -0.2) is 109 Å². The maximum Gasteiger partial charge on any atom is 0.255 e. The lowest BCUT2D eigenvalue weighted by Gasteiger charge is -2.32. The highest BCUT2D eigenvalue weighted by molar-refractivity contribution is 6.00. The molecule has 1 aromatic heterocycles. The van der Waals surface area contributed by atoms with Crippen molar-refractivity contribution in [3.8, 4) is 40.1 Å². The number of nitriles is 1. The fraction of sp³-hybridized carbons (Fsp3) is 0.400. The molecule has 0 saturated heterocycles. The number of allylic oxidation sites excluding steroid dienone is 1. The molecule has 5 amide bonds. The summed E-state index contributed by atoms with van der Waals surface area (Å²) in [5, 5.41) is 20.0. The van der Waals surface area contributed by atoms with Crippen LogP contribution in [0.4, 0.5) is 0 Å². The topological polar surface area (TPSA) is 283 Å². The summed E-state index contributed by atoms with van der Waals surface area (Å²) in [6.07, 6.45) is 6.91. The molecule has 4 aromatic rings. The zero-order valence-electron chi connectivity index (χ0n) is 39.0. The quantitative estimate of drug-likeness (QED) is 0.0798. The number of likely N-dealkylation sites (N-methyl/N-ethyl adjacent to an activating group) is 1. The smallest absolute Gasteiger partial charge is 0.255 e. The molecule has 1 saturated carbocycles. The first-order valence-corrected chi connectivity index (χ1v) is 22.9. The van der Waals surface area contributed by atoms with Gasteiger partial charge in [0.1, 0.15) is 55.4 Å². The number of hydrogen-bond acceptors (Lipinski definition) is 13. The van der Waals surface area contributed by atoms with Crippen LogP contribution >= 0.6 is 0 Å². The predicted octanol–water partition coefficient (Wildman–Crippen LogP) is 2.89. The molecule has 18 nitrogen and oxygen atoms in total. The molecular weight excluding hydrogens is 867 g/mol. The van der Waals surface area contributed by atoms with E-state index in [0.717, 1.165) is 24.0 Å². The van der Waals surface area contributed by atoms with Crippen LogP contribution in [0.2, 0.25) is 0 Å². The molecule has 68 heavy (non-hydrogen) atoms. The number of nitrogens with one attached hydrogen (secondary N) is 4. The summed E-state index contributed by atoms with van der Waals surface area (Å²) in [6, 6.07) is 15.0. The van der Waals surface area contributed by atoms with Crippen molar-refractivity contribution in [3.63, 3.8) is 0 Å². The monoisotopic (exact) mass is 927 g/mol. The number of benzene rings is 3. The van der Waals surface area contributed by atoms with Gasteiger partial charge in [-0.2, -0.15) is 5.26 Å². The summed E-state index contributed by atoms with van der Waals surface area (Å²) in [6.45, 7) is 5.22. The van der Waals surface area contributed by atoms with Gasteiger partial charge in [0.2, 0.25) is 23.6 Å². The van der Waals surface area contributed by atoms with E-state index >= 15 is 0 Å². The molecule has 4 atom stereocenters. The van der Waals surface area contributed by atoms with Gasteiger partial charge in [0, 0.05) is 43.2 Å². The normalized spacial score (nSPS) is 17.4. The van der Waals surface area contributed by atoms with Crippen LogP contribution in [-0.2, 0) is 25.6 Å². The molecule has 2 aliphatic rings. The molecule has 10 N–H and O–H groups in total. The van der Waals surface area contributed by atoms with Crippen LogP contribution in [0.25, 0.3) is 28.6 Å². The van der Waals surface area contributed by atoms with E-state index in [0.29, 0.717) is 51.0 Å². The first-order valence-electron chi connectivity index (χ1n) is 22.9. The van der Waals surface area contributed by atoms with Gasteiger partial charge in [-0.05, 0) is 100 Å². The third-order valence-electron chi connectivity index (χ3n) is 11.9. The molecule has 1 aliphatic heterocycles. The molecule has 358 valence electrons. The van der Waals surface area contributed by atoms with Gasteiger partial charge in [0.05, 0.1) is 23.0 Å². The Morgan fingerprint density at radius 2 is 1.51 bits per heavy atom. The first-order chi connectivity index (χ1) is 32.8. The Kier molecular flexibility index (Phi) is 17.4. The minimum atomic E-state index is -1.40. The summed E-state index contributed by atoms with van der Waals surface area (Å²) < 4.78 is 12.2. The van der Waals surface area contributed by atoms with E-state index in [1.54, 1.807) is 50.2 Å². The number of rotatable bonds is 16. The fourth-order valence-electron chi connectivity index (χ4n) is 8.47. The lowest BCUT2D eigenvalue weighted by molar-refractivity contribution is -0.141. The molecule has 3 aromatic carbocycles. The van der Waals surface area contributed by atoms with E-state index in [4.69, 9.17) is 26.7 Å². The Labute approximate surface area is 396 Å². The lowest BCUT2D eigenvalue weighted by atomic mass is 9.93. The Bertz CT molecular complexity index is 2540. The SMILES string of the molecule is Cc1nc(-c2ccc(C=C3CCCC3)cc2)nc(C)c1C(=O)NC(CCN)C(=O)N(C)[C@@H]1C(=O)N[C@@H](C)C(=O)N[C@H](C(=O)NCC#N)Cc2ccc(OCCN)c(c2)-c2cc1ccc2OCCN. The highest BCUT2D eigenvalue weighted by Crippen LogP contribution is 2.40. The number of carbonyl (C=O) groups is 5. The standard InChI is InChI=1S/C50H61N11O7/c1-29-43(30(2)57-45(56-29)35-12-9-33(10-13-35)25-32-7-5-6-8-32)48(64)59-39(17-18-51)50(66)61(4)44-36-14-16-42(68-24-21-54)38(28-36)37-26-34(11-15-41(37)67-23-20-53)27-40(47(63)55-22-19-52)60-46(62)31(3)58-49(44)65/h9-16,25-26,28,31,39-40,44H,5-8,17-18,20-24,27,51,53-54H2,1-4H3,(H,55,63)(H,58,65)(H,59,64)(H,60,62)/t31-,39?,40-,44-/m0/s1. The van der Waals surface area contributed by atoms with E-state index in [9.17, 15) is 29.2 Å². The second kappa shape index (κ2) is 23.5. The van der Waals surface area contributed by atoms with Crippen molar-refractivity contribution in [2.24, 2.45) is 17.2 Å². The second-order valence-electron chi connectivity index (χ2n) is 16.9. The van der Waals surface area contributed by atoms with Crippen LogP contribution in [0, 0.1) is 25.2 Å². The van der Waals surface area contributed by atoms with Crippen LogP contribution < -0.4 is 47.9 Å². The minimum absolute atomic E-state index is 0.00102. The summed E-state index contributed by atoms with van der Waals surface area (Å²) in [5.41, 5.74) is 24.0. The molecule has 1 unspecified atom stereocenters. The Morgan fingerprint density at radius 3 is 2.13 bits per heavy atom. The van der Waals surface area contributed by atoms with Crippen molar-refractivity contribution in [1.82, 2.24) is 36.1 Å². The molecule has 18 heteroatoms. The Hall–Kier alpha value is -7.20. The maximum atomic E-state index is 14.8. The van der Waals surface area contributed by atoms with Crippen LogP contribution in [0.3, 0.4) is 0 Å². The van der Waals surface area contributed by atoms with Gasteiger partial charge in [0.15, 0.2) is 5.82 Å². The molecule has 4 bridgehead atoms. The minimum Gasteiger partial charge on any atom is -0.492 e. The van der Waals surface area contributed by atoms with Crippen molar-refractivity contribution in [2.75, 3.05) is 46.4 Å². The summed E-state index contributed by atoms with van der Waals surface area (Å²) in [7, 11) is 1.42. The molecule has 0 spiro atoms. The van der Waals surface area contributed by atoms with E-state index < -0.39 is 53.7 Å². The number of aromatic nitrogens is 2. The average molecular weight is 928 g/mol. The van der Waals surface area contributed by atoms with Gasteiger partial charge in [-0.1, -0.05) is 48.0 Å². The van der Waals surface area contributed by atoms with Gasteiger partial charge >= 0.3 is 0 Å². The molecule has 1 aliphatic carbocycles. The van der Waals surface area contributed by atoms with Gasteiger partial charge in [-0.15, -0.1) is 0 Å². The molecule has 0 radical (unpaired) electrons. The number of ether oxygens (including phenoxy) is 2. The number of amides is 5. The number of nitrogens with zero attached hydrogens (tertiary/aromatic N) is 4. The Morgan fingerprint density at radius 1 is 0.882 bits per heavy atom. The van der Waals surface area contributed by atoms with Crippen LogP contribution in [0.1, 0.15) is 83.5 Å². The van der Waals surface area contributed by atoms with Crippen molar-refractivity contribution in [1.29, 1.82) is 5.26 Å². The molecule has 2 heterocycles. The molecule has 1 fully saturated rings. The summed E-state index contributed by atoms with van der Waals surface area (Å²) in [4.78, 5) is 81.2. The van der Waals surface area contributed by atoms with Crippen molar-refractivity contribution in [3.05, 3.63) is 99.9 Å². The number of hydrogen-bond donors (Lipinski definition) is 7. The Balaban J connectivity index is 1.36. The number of aryl methyl sites for hydroxylation is 2. The van der Waals surface area contributed by atoms with Crippen molar-refractivity contribution >= 4 is 35.6 Å². The van der Waals surface area contributed by atoms with E-state index in [1.165, 1.54) is 37.3 Å². The fourth-order valence-corrected chi connectivity index (χ4v) is 8.47. The van der Waals surface area contributed by atoms with Gasteiger partial charge in [0.25, 0.3) is 5.91 Å². The van der Waals surface area contributed by atoms with E-state index in [-0.39, 0.29) is 57.8 Å². The average Bonchev–Trinajstić information content (AvgIpc) is 3.84. The highest BCUT2D eigenvalue weighted by Gasteiger charge is 2.36. The number of nitrogens with two attached hydrogens (primary N) is 3. The lowest BCUT2D eigenvalue weighted by Crippen LogP contribution is -2.56. The third kappa shape index (κ3) is 12.2. The molecular formula is C50H61N11O7. The maximum absolute atomic E-state index is 14.8. The van der Waals surface area contributed by atoms with Gasteiger partial charge < -0.3 is 52.8 Å². The first kappa shape index (κ1) is 50.2. The largest absolute Gasteiger partial charge is 0.492 e. The number of fused-ring (bicyclic) bond motifs is 5. The predicted molar refractivity (Wildman–Crippen MR) is 257 cm³/mol. The second-order valence-corrected chi connectivity index (χ2v) is 16.9.